The second-order valence-corrected chi connectivity index (χ2v) is 3.74. The van der Waals surface area contributed by atoms with Crippen molar-refractivity contribution in [1.29, 1.82) is 0 Å². The highest BCUT2D eigenvalue weighted by molar-refractivity contribution is 5.73. The third kappa shape index (κ3) is 1.41. The van der Waals surface area contributed by atoms with Crippen LogP contribution in [0.2, 0.25) is 0 Å². The van der Waals surface area contributed by atoms with Crippen molar-refractivity contribution in [2.24, 2.45) is 0 Å². The number of furan rings is 1. The van der Waals surface area contributed by atoms with Gasteiger partial charge in [-0.3, -0.25) is 4.79 Å². The number of carbonyl (C=O) groups is 1. The molecule has 3 nitrogen and oxygen atoms in total. The zero-order chi connectivity index (χ0) is 11.0. The molecule has 80 valence electrons. The number of rotatable bonds is 2. The second-order valence-electron chi connectivity index (χ2n) is 3.74. The van der Waals surface area contributed by atoms with Gasteiger partial charge in [0.2, 0.25) is 0 Å². The highest BCUT2D eigenvalue weighted by Crippen LogP contribution is 2.30. The lowest BCUT2D eigenvalue weighted by molar-refractivity contribution is 0.110. The average molecular weight is 214 g/mol. The van der Waals surface area contributed by atoms with Crippen molar-refractivity contribution in [1.82, 2.24) is 0 Å². The Balaban J connectivity index is 2.03. The Morgan fingerprint density at radius 1 is 1.19 bits per heavy atom. The Bertz CT molecular complexity index is 540. The summed E-state index contributed by atoms with van der Waals surface area (Å²) in [4.78, 5) is 10.5. The van der Waals surface area contributed by atoms with Crippen molar-refractivity contribution in [2.45, 2.75) is 6.42 Å². The van der Waals surface area contributed by atoms with E-state index in [-0.39, 0.29) is 0 Å². The Morgan fingerprint density at radius 3 is 2.94 bits per heavy atom. The fourth-order valence-corrected chi connectivity index (χ4v) is 1.91. The van der Waals surface area contributed by atoms with Gasteiger partial charge < -0.3 is 9.15 Å². The Morgan fingerprint density at radius 2 is 2.12 bits per heavy atom. The van der Waals surface area contributed by atoms with Crippen molar-refractivity contribution in [3.8, 4) is 17.1 Å². The molecule has 0 bridgehead atoms. The van der Waals surface area contributed by atoms with E-state index in [0.717, 1.165) is 30.1 Å². The predicted molar refractivity (Wildman–Crippen MR) is 58.7 cm³/mol. The summed E-state index contributed by atoms with van der Waals surface area (Å²) in [6.45, 7) is 0.747. The molecule has 0 spiro atoms. The van der Waals surface area contributed by atoms with Gasteiger partial charge >= 0.3 is 0 Å². The molecule has 0 N–H and O–H groups in total. The lowest BCUT2D eigenvalue weighted by Gasteiger charge is -2.01. The molecular formula is C13H10O3. The second kappa shape index (κ2) is 3.52. The van der Waals surface area contributed by atoms with Crippen LogP contribution in [-0.4, -0.2) is 12.9 Å². The van der Waals surface area contributed by atoms with Gasteiger partial charge in [-0.25, -0.2) is 0 Å². The standard InChI is InChI=1S/C13H10O3/c14-8-11-2-4-13(16-11)9-1-3-12-10(7-9)5-6-15-12/h1-4,7-8H,5-6H2. The molecule has 0 amide bonds. The molecule has 2 heterocycles. The highest BCUT2D eigenvalue weighted by Gasteiger charge is 2.13. The maximum absolute atomic E-state index is 10.5. The number of fused-ring (bicyclic) bond motifs is 1. The number of benzene rings is 1. The van der Waals surface area contributed by atoms with Crippen LogP contribution in [0.15, 0.2) is 34.7 Å². The van der Waals surface area contributed by atoms with E-state index in [1.165, 1.54) is 5.56 Å². The normalized spacial score (nSPS) is 13.2. The molecule has 1 aromatic heterocycles. The molecule has 1 aliphatic rings. The third-order valence-electron chi connectivity index (χ3n) is 2.72. The molecule has 0 saturated carbocycles. The lowest BCUT2D eigenvalue weighted by Crippen LogP contribution is -1.85. The van der Waals surface area contributed by atoms with Gasteiger partial charge in [0.1, 0.15) is 11.5 Å². The number of ether oxygens (including phenoxy) is 1. The molecule has 0 aliphatic carbocycles. The van der Waals surface area contributed by atoms with E-state index in [4.69, 9.17) is 9.15 Å². The van der Waals surface area contributed by atoms with E-state index in [2.05, 4.69) is 6.07 Å². The van der Waals surface area contributed by atoms with Crippen LogP contribution in [-0.2, 0) is 6.42 Å². The van der Waals surface area contributed by atoms with Gasteiger partial charge in [-0.2, -0.15) is 0 Å². The lowest BCUT2D eigenvalue weighted by atomic mass is 10.1. The summed E-state index contributed by atoms with van der Waals surface area (Å²) < 4.78 is 10.8. The third-order valence-corrected chi connectivity index (χ3v) is 2.72. The summed E-state index contributed by atoms with van der Waals surface area (Å²) in [5.74, 6) is 2.02. The van der Waals surface area contributed by atoms with Gasteiger partial charge in [-0.15, -0.1) is 0 Å². The monoisotopic (exact) mass is 214 g/mol. The maximum atomic E-state index is 10.5. The molecule has 3 rings (SSSR count). The SMILES string of the molecule is O=Cc1ccc(-c2ccc3c(c2)CCO3)o1. The zero-order valence-corrected chi connectivity index (χ0v) is 8.60. The van der Waals surface area contributed by atoms with E-state index >= 15 is 0 Å². The molecular weight excluding hydrogens is 204 g/mol. The smallest absolute Gasteiger partial charge is 0.185 e. The summed E-state index contributed by atoms with van der Waals surface area (Å²) >= 11 is 0. The van der Waals surface area contributed by atoms with Crippen LogP contribution in [0, 0.1) is 0 Å². The van der Waals surface area contributed by atoms with Gasteiger partial charge in [0.05, 0.1) is 6.61 Å². The Kier molecular flexibility index (Phi) is 2.03. The number of aldehydes is 1. The average Bonchev–Trinajstić information content (AvgIpc) is 2.96. The highest BCUT2D eigenvalue weighted by atomic mass is 16.5. The summed E-state index contributed by atoms with van der Waals surface area (Å²) in [6, 6.07) is 9.42. The molecule has 0 fully saturated rings. The van der Waals surface area contributed by atoms with Crippen molar-refractivity contribution in [2.75, 3.05) is 6.61 Å². The first-order valence-electron chi connectivity index (χ1n) is 5.18. The maximum Gasteiger partial charge on any atom is 0.185 e. The summed E-state index contributed by atoms with van der Waals surface area (Å²) in [5.41, 5.74) is 2.18. The molecule has 0 saturated heterocycles. The first-order valence-corrected chi connectivity index (χ1v) is 5.18. The molecule has 2 aromatic rings. The topological polar surface area (TPSA) is 39.4 Å². The number of hydrogen-bond donors (Lipinski definition) is 0. The minimum absolute atomic E-state index is 0.353. The van der Waals surface area contributed by atoms with Crippen LogP contribution in [0.3, 0.4) is 0 Å². The van der Waals surface area contributed by atoms with Crippen LogP contribution in [0.1, 0.15) is 16.1 Å². The zero-order valence-electron chi connectivity index (χ0n) is 8.60. The van der Waals surface area contributed by atoms with Gasteiger partial charge in [-0.05, 0) is 35.9 Å². The first kappa shape index (κ1) is 9.21. The van der Waals surface area contributed by atoms with Crippen LogP contribution in [0.5, 0.6) is 5.75 Å². The quantitative estimate of drug-likeness (QED) is 0.721. The molecule has 0 radical (unpaired) electrons. The molecule has 0 atom stereocenters. The van der Waals surface area contributed by atoms with Gasteiger partial charge in [0.25, 0.3) is 0 Å². The van der Waals surface area contributed by atoms with E-state index < -0.39 is 0 Å². The summed E-state index contributed by atoms with van der Waals surface area (Å²) in [5, 5.41) is 0. The largest absolute Gasteiger partial charge is 0.493 e. The van der Waals surface area contributed by atoms with E-state index in [1.54, 1.807) is 12.1 Å². The fraction of sp³-hybridized carbons (Fsp3) is 0.154. The fourth-order valence-electron chi connectivity index (χ4n) is 1.91. The van der Waals surface area contributed by atoms with E-state index in [9.17, 15) is 4.79 Å². The van der Waals surface area contributed by atoms with E-state index in [1.807, 2.05) is 12.1 Å². The summed E-state index contributed by atoms with van der Waals surface area (Å²) in [6.07, 6.45) is 1.64. The van der Waals surface area contributed by atoms with Gasteiger partial charge in [-0.1, -0.05) is 0 Å². The van der Waals surface area contributed by atoms with Crippen LogP contribution >= 0.6 is 0 Å². The first-order chi connectivity index (χ1) is 7.86. The number of carbonyl (C=O) groups excluding carboxylic acids is 1. The molecule has 1 aliphatic heterocycles. The minimum Gasteiger partial charge on any atom is -0.493 e. The minimum atomic E-state index is 0.353. The van der Waals surface area contributed by atoms with Gasteiger partial charge in [0, 0.05) is 12.0 Å². The van der Waals surface area contributed by atoms with E-state index in [0.29, 0.717) is 12.0 Å². The van der Waals surface area contributed by atoms with Crippen molar-refractivity contribution in [3.63, 3.8) is 0 Å². The molecule has 1 aromatic carbocycles. The van der Waals surface area contributed by atoms with Crippen molar-refractivity contribution >= 4 is 6.29 Å². The Hall–Kier alpha value is -2.03. The summed E-state index contributed by atoms with van der Waals surface area (Å²) in [7, 11) is 0. The van der Waals surface area contributed by atoms with Crippen LogP contribution in [0.25, 0.3) is 11.3 Å². The number of hydrogen-bond acceptors (Lipinski definition) is 3. The Labute approximate surface area is 92.6 Å². The van der Waals surface area contributed by atoms with Crippen molar-refractivity contribution < 1.29 is 13.9 Å². The molecule has 0 unspecified atom stereocenters. The van der Waals surface area contributed by atoms with Gasteiger partial charge in [0.15, 0.2) is 12.0 Å². The predicted octanol–water partition coefficient (Wildman–Crippen LogP) is 2.69. The van der Waals surface area contributed by atoms with Crippen LogP contribution < -0.4 is 4.74 Å². The molecule has 3 heteroatoms. The van der Waals surface area contributed by atoms with Crippen molar-refractivity contribution in [3.05, 3.63) is 41.7 Å². The van der Waals surface area contributed by atoms with Crippen LogP contribution in [0.4, 0.5) is 0 Å². The molecule has 16 heavy (non-hydrogen) atoms.